The van der Waals surface area contributed by atoms with E-state index < -0.39 is 10.0 Å². The summed E-state index contributed by atoms with van der Waals surface area (Å²) in [4.78, 5) is 3.65. The lowest BCUT2D eigenvalue weighted by atomic mass is 10.2. The molecule has 0 aliphatic carbocycles. The van der Waals surface area contributed by atoms with E-state index in [0.717, 1.165) is 0 Å². The van der Waals surface area contributed by atoms with Crippen LogP contribution in [-0.4, -0.2) is 13.4 Å². The van der Waals surface area contributed by atoms with Gasteiger partial charge >= 0.3 is 0 Å². The third kappa shape index (κ3) is 3.20. The Hall–Kier alpha value is -1.81. The molecule has 0 spiro atoms. The molecule has 1 aromatic heterocycles. The molecule has 0 radical (unpaired) electrons. The van der Waals surface area contributed by atoms with Crippen molar-refractivity contribution in [1.29, 1.82) is 5.26 Å². The molecule has 0 saturated heterocycles. The van der Waals surface area contributed by atoms with Crippen LogP contribution in [-0.2, 0) is 10.0 Å². The molecule has 102 valence electrons. The first kappa shape index (κ1) is 14.6. The van der Waals surface area contributed by atoms with Crippen molar-refractivity contribution in [2.24, 2.45) is 0 Å². The van der Waals surface area contributed by atoms with Crippen molar-refractivity contribution in [3.8, 4) is 6.07 Å². The molecule has 2 rings (SSSR count). The average molecular weight is 328 g/mol. The quantitative estimate of drug-likeness (QED) is 0.878. The summed E-state index contributed by atoms with van der Waals surface area (Å²) < 4.78 is 26.7. The molecule has 20 heavy (non-hydrogen) atoms. The van der Waals surface area contributed by atoms with Gasteiger partial charge < -0.3 is 0 Å². The summed E-state index contributed by atoms with van der Waals surface area (Å²) in [6, 6.07) is 8.75. The van der Waals surface area contributed by atoms with Crippen molar-refractivity contribution >= 4 is 38.9 Å². The molecule has 1 N–H and O–H groups in total. The van der Waals surface area contributed by atoms with E-state index >= 15 is 0 Å². The van der Waals surface area contributed by atoms with E-state index in [2.05, 4.69) is 9.71 Å². The Kier molecular flexibility index (Phi) is 4.14. The van der Waals surface area contributed by atoms with Crippen LogP contribution in [0.1, 0.15) is 5.56 Å². The van der Waals surface area contributed by atoms with Gasteiger partial charge in [0.25, 0.3) is 10.0 Å². The number of nitrogens with zero attached hydrogens (tertiary/aromatic N) is 2. The number of aromatic nitrogens is 1. The molecule has 0 saturated carbocycles. The van der Waals surface area contributed by atoms with E-state index in [9.17, 15) is 8.42 Å². The van der Waals surface area contributed by atoms with E-state index in [1.807, 2.05) is 6.07 Å². The maximum absolute atomic E-state index is 12.2. The first-order valence-corrected chi connectivity index (χ1v) is 7.50. The summed E-state index contributed by atoms with van der Waals surface area (Å²) in [5.74, 6) is 0. The standard InChI is InChI=1S/C12H7Cl2N3O2S/c13-10-5-8(6-15)1-3-11(10)20(18,19)17-9-2-4-12(14)16-7-9/h1-5,7,17H. The zero-order valence-corrected chi connectivity index (χ0v) is 12.2. The van der Waals surface area contributed by atoms with Crippen LogP contribution < -0.4 is 4.72 Å². The van der Waals surface area contributed by atoms with Crippen LogP contribution in [0.5, 0.6) is 0 Å². The summed E-state index contributed by atoms with van der Waals surface area (Å²) in [6.45, 7) is 0. The second kappa shape index (κ2) is 5.67. The van der Waals surface area contributed by atoms with E-state index in [1.165, 1.54) is 36.5 Å². The number of nitrogens with one attached hydrogen (secondary N) is 1. The predicted molar refractivity (Wildman–Crippen MR) is 76.2 cm³/mol. The van der Waals surface area contributed by atoms with Crippen LogP contribution in [0.2, 0.25) is 10.2 Å². The van der Waals surface area contributed by atoms with Gasteiger partial charge in [-0.1, -0.05) is 23.2 Å². The Balaban J connectivity index is 2.36. The zero-order valence-electron chi connectivity index (χ0n) is 9.84. The molecule has 0 bridgehead atoms. The molecule has 0 amide bonds. The van der Waals surface area contributed by atoms with Gasteiger partial charge in [-0.25, -0.2) is 13.4 Å². The summed E-state index contributed by atoms with van der Waals surface area (Å²) in [6.07, 6.45) is 1.29. The fourth-order valence-electron chi connectivity index (χ4n) is 1.43. The third-order valence-electron chi connectivity index (χ3n) is 2.33. The zero-order chi connectivity index (χ0) is 14.8. The smallest absolute Gasteiger partial charge is 0.263 e. The highest BCUT2D eigenvalue weighted by Gasteiger charge is 2.18. The van der Waals surface area contributed by atoms with Gasteiger partial charge in [-0.3, -0.25) is 4.72 Å². The maximum atomic E-state index is 12.2. The second-order valence-electron chi connectivity index (χ2n) is 3.73. The molecule has 0 fully saturated rings. The Morgan fingerprint density at radius 3 is 2.50 bits per heavy atom. The minimum absolute atomic E-state index is 0.0292. The highest BCUT2D eigenvalue weighted by molar-refractivity contribution is 7.92. The topological polar surface area (TPSA) is 82.8 Å². The number of benzene rings is 1. The SMILES string of the molecule is N#Cc1ccc(S(=O)(=O)Nc2ccc(Cl)nc2)c(Cl)c1. The van der Waals surface area contributed by atoms with Crippen LogP contribution in [0, 0.1) is 11.3 Å². The highest BCUT2D eigenvalue weighted by Crippen LogP contribution is 2.24. The Bertz CT molecular complexity index is 783. The monoisotopic (exact) mass is 327 g/mol. The van der Waals surface area contributed by atoms with Gasteiger partial charge in [-0.05, 0) is 30.3 Å². The molecule has 5 nitrogen and oxygen atoms in total. The Labute approximate surface area is 125 Å². The van der Waals surface area contributed by atoms with Gasteiger partial charge in [0, 0.05) is 0 Å². The molecule has 2 aromatic rings. The number of hydrogen-bond donors (Lipinski definition) is 1. The van der Waals surface area contributed by atoms with Gasteiger partial charge in [-0.2, -0.15) is 5.26 Å². The number of pyridine rings is 1. The summed E-state index contributed by atoms with van der Waals surface area (Å²) in [7, 11) is -3.86. The molecule has 0 aliphatic heterocycles. The van der Waals surface area contributed by atoms with Crippen LogP contribution in [0.4, 0.5) is 5.69 Å². The number of sulfonamides is 1. The van der Waals surface area contributed by atoms with E-state index in [4.69, 9.17) is 28.5 Å². The average Bonchev–Trinajstić information content (AvgIpc) is 2.40. The number of nitriles is 1. The van der Waals surface area contributed by atoms with E-state index in [-0.39, 0.29) is 26.3 Å². The van der Waals surface area contributed by atoms with Crippen LogP contribution >= 0.6 is 23.2 Å². The molecule has 8 heteroatoms. The number of rotatable bonds is 3. The third-order valence-corrected chi connectivity index (χ3v) is 4.42. The molecule has 0 aliphatic rings. The van der Waals surface area contributed by atoms with E-state index in [0.29, 0.717) is 0 Å². The molecule has 1 heterocycles. The normalized spacial score (nSPS) is 10.8. The summed E-state index contributed by atoms with van der Waals surface area (Å²) in [5.41, 5.74) is 0.539. The van der Waals surface area contributed by atoms with Crippen LogP contribution in [0.3, 0.4) is 0 Å². The molecule has 0 unspecified atom stereocenters. The molecular weight excluding hydrogens is 321 g/mol. The fraction of sp³-hybridized carbons (Fsp3) is 0. The van der Waals surface area contributed by atoms with Gasteiger partial charge in [0.05, 0.1) is 28.5 Å². The van der Waals surface area contributed by atoms with Crippen molar-refractivity contribution in [3.05, 3.63) is 52.3 Å². The lowest BCUT2D eigenvalue weighted by Gasteiger charge is -2.09. The van der Waals surface area contributed by atoms with E-state index in [1.54, 1.807) is 0 Å². The minimum Gasteiger partial charge on any atom is -0.278 e. The maximum Gasteiger partial charge on any atom is 0.263 e. The van der Waals surface area contributed by atoms with Crippen molar-refractivity contribution < 1.29 is 8.42 Å². The van der Waals surface area contributed by atoms with Crippen molar-refractivity contribution in [2.45, 2.75) is 4.90 Å². The van der Waals surface area contributed by atoms with Gasteiger partial charge in [0.2, 0.25) is 0 Å². The largest absolute Gasteiger partial charge is 0.278 e. The Morgan fingerprint density at radius 2 is 1.95 bits per heavy atom. The van der Waals surface area contributed by atoms with Crippen LogP contribution in [0.25, 0.3) is 0 Å². The first-order chi connectivity index (χ1) is 9.42. The lowest BCUT2D eigenvalue weighted by molar-refractivity contribution is 0.601. The number of halogens is 2. The second-order valence-corrected chi connectivity index (χ2v) is 6.18. The predicted octanol–water partition coefficient (Wildman–Crippen LogP) is 3.06. The molecule has 1 aromatic carbocycles. The van der Waals surface area contributed by atoms with Gasteiger partial charge in [0.1, 0.15) is 10.0 Å². The van der Waals surface area contributed by atoms with Crippen molar-refractivity contribution in [3.63, 3.8) is 0 Å². The van der Waals surface area contributed by atoms with Crippen LogP contribution in [0.15, 0.2) is 41.4 Å². The molecule has 0 atom stereocenters. The lowest BCUT2D eigenvalue weighted by Crippen LogP contribution is -2.13. The van der Waals surface area contributed by atoms with Gasteiger partial charge in [-0.15, -0.1) is 0 Å². The minimum atomic E-state index is -3.86. The number of hydrogen-bond acceptors (Lipinski definition) is 4. The molecular formula is C12H7Cl2N3O2S. The fourth-order valence-corrected chi connectivity index (χ4v) is 3.14. The Morgan fingerprint density at radius 1 is 1.20 bits per heavy atom. The summed E-state index contributed by atoms with van der Waals surface area (Å²) in [5, 5.41) is 8.95. The number of anilines is 1. The summed E-state index contributed by atoms with van der Waals surface area (Å²) >= 11 is 11.5. The van der Waals surface area contributed by atoms with Crippen molar-refractivity contribution in [2.75, 3.05) is 4.72 Å². The highest BCUT2D eigenvalue weighted by atomic mass is 35.5. The van der Waals surface area contributed by atoms with Gasteiger partial charge in [0.15, 0.2) is 0 Å². The van der Waals surface area contributed by atoms with Crippen molar-refractivity contribution in [1.82, 2.24) is 4.98 Å². The first-order valence-electron chi connectivity index (χ1n) is 5.26.